The maximum Gasteiger partial charge on any atom is 0.410 e. The van der Waals surface area contributed by atoms with Gasteiger partial charge in [0.2, 0.25) is 0 Å². The normalized spacial score (nSPS) is 14.7. The lowest BCUT2D eigenvalue weighted by atomic mass is 10.0. The minimum atomic E-state index is -0.654. The number of H-pyrrole nitrogens is 1. The first-order valence-electron chi connectivity index (χ1n) is 13.4. The van der Waals surface area contributed by atoms with Crippen LogP contribution in [0, 0.1) is 0 Å². The van der Waals surface area contributed by atoms with Gasteiger partial charge in [-0.1, -0.05) is 29.3 Å². The molecule has 11 heteroatoms. The van der Waals surface area contributed by atoms with Gasteiger partial charge in [0, 0.05) is 56.1 Å². The molecule has 0 bridgehead atoms. The summed E-state index contributed by atoms with van der Waals surface area (Å²) >= 11 is 12.5. The number of likely N-dealkylation sites (N-methyl/N-ethyl adjacent to an activating group) is 1. The van der Waals surface area contributed by atoms with Crippen molar-refractivity contribution in [2.75, 3.05) is 44.8 Å². The number of morpholine rings is 1. The van der Waals surface area contributed by atoms with Crippen LogP contribution in [0.5, 0.6) is 0 Å². The molecule has 4 aromatic rings. The number of hydrogen-bond acceptors (Lipinski definition) is 6. The minimum Gasteiger partial charge on any atom is -0.444 e. The van der Waals surface area contributed by atoms with Crippen molar-refractivity contribution in [2.24, 2.45) is 0 Å². The van der Waals surface area contributed by atoms with Gasteiger partial charge in [0.05, 0.1) is 41.2 Å². The largest absolute Gasteiger partial charge is 0.444 e. The number of nitrogens with zero attached hydrogens (tertiary/aromatic N) is 4. The molecule has 1 saturated heterocycles. The van der Waals surface area contributed by atoms with E-state index in [2.05, 4.69) is 20.9 Å². The van der Waals surface area contributed by atoms with Crippen molar-refractivity contribution in [3.63, 3.8) is 0 Å². The summed E-state index contributed by atoms with van der Waals surface area (Å²) in [6.45, 7) is 8.56. The van der Waals surface area contributed by atoms with Crippen LogP contribution in [0.4, 0.5) is 10.5 Å². The summed E-state index contributed by atoms with van der Waals surface area (Å²) < 4.78 is 12.6. The molecule has 0 spiro atoms. The topological polar surface area (TPSA) is 92.7 Å². The van der Waals surface area contributed by atoms with Crippen LogP contribution >= 0.6 is 23.2 Å². The number of hydrogen-bond donors (Lipinski definition) is 1. The van der Waals surface area contributed by atoms with Gasteiger partial charge in [-0.2, -0.15) is 0 Å². The van der Waals surface area contributed by atoms with E-state index < -0.39 is 17.7 Å². The number of fused-ring (bicyclic) bond motifs is 1. The molecule has 1 aromatic carbocycles. The Labute approximate surface area is 248 Å². The lowest BCUT2D eigenvalue weighted by molar-refractivity contribution is 0.0283. The van der Waals surface area contributed by atoms with Gasteiger partial charge in [0.15, 0.2) is 0 Å². The molecule has 1 amide bonds. The Morgan fingerprint density at radius 3 is 2.59 bits per heavy atom. The molecule has 9 nitrogen and oxygen atoms in total. The first kappa shape index (κ1) is 29.0. The number of carbonyl (C=O) groups excluding carboxylic acids is 1. The summed E-state index contributed by atoms with van der Waals surface area (Å²) in [7, 11) is 1.64. The van der Waals surface area contributed by atoms with Crippen molar-refractivity contribution >= 4 is 46.0 Å². The monoisotopic (exact) mass is 597 g/mol. The van der Waals surface area contributed by atoms with E-state index in [0.717, 1.165) is 46.5 Å². The number of nitrogens with one attached hydrogen (secondary N) is 1. The van der Waals surface area contributed by atoms with Crippen LogP contribution in [-0.4, -0.2) is 71.0 Å². The lowest BCUT2D eigenvalue weighted by Crippen LogP contribution is -2.39. The zero-order valence-electron chi connectivity index (χ0n) is 23.5. The smallest absolute Gasteiger partial charge is 0.410 e. The zero-order chi connectivity index (χ0) is 29.3. The first-order valence-corrected chi connectivity index (χ1v) is 14.2. The fourth-order valence-electron chi connectivity index (χ4n) is 4.89. The van der Waals surface area contributed by atoms with E-state index in [-0.39, 0.29) is 12.1 Å². The third-order valence-electron chi connectivity index (χ3n) is 6.97. The number of ether oxygens (including phenoxy) is 2. The summed E-state index contributed by atoms with van der Waals surface area (Å²) in [6.07, 6.45) is 4.97. The fourth-order valence-corrected chi connectivity index (χ4v) is 5.19. The highest BCUT2D eigenvalue weighted by molar-refractivity contribution is 6.42. The van der Waals surface area contributed by atoms with Crippen LogP contribution in [0.3, 0.4) is 0 Å². The van der Waals surface area contributed by atoms with Crippen LogP contribution in [-0.2, 0) is 9.47 Å². The van der Waals surface area contributed by atoms with Crippen molar-refractivity contribution < 1.29 is 14.3 Å². The van der Waals surface area contributed by atoms with Crippen LogP contribution in [0.15, 0.2) is 59.8 Å². The van der Waals surface area contributed by atoms with E-state index in [1.807, 2.05) is 39.2 Å². The number of benzene rings is 1. The van der Waals surface area contributed by atoms with E-state index in [1.54, 1.807) is 42.1 Å². The number of halogens is 2. The number of rotatable bonds is 6. The number of carbonyl (C=O) groups is 1. The maximum atomic E-state index is 13.7. The van der Waals surface area contributed by atoms with Crippen LogP contribution in [0.1, 0.15) is 32.4 Å². The predicted octanol–water partition coefficient (Wildman–Crippen LogP) is 5.99. The highest BCUT2D eigenvalue weighted by Crippen LogP contribution is 2.31. The molecule has 216 valence electrons. The Kier molecular flexibility index (Phi) is 8.31. The molecular formula is C30H33Cl2N5O4. The molecule has 0 saturated carbocycles. The summed E-state index contributed by atoms with van der Waals surface area (Å²) in [5.41, 5.74) is 3.24. The number of pyridine rings is 2. The molecule has 0 aliphatic carbocycles. The predicted molar refractivity (Wildman–Crippen MR) is 162 cm³/mol. The molecule has 1 unspecified atom stereocenters. The standard InChI is InChI=1S/C30H33Cl2N5O4/c1-30(2,3)41-29(39)35(4)18-26(20-5-6-24(31)25(32)13-20)37-8-7-19(14-27(37)38)23-17-34-28-22(23)15-21(16-33-28)36-9-11-40-12-10-36/h5-8,13-17,26H,9-12,18H2,1-4H3,(H,33,34). The average Bonchev–Trinajstić information content (AvgIpc) is 3.36. The second kappa shape index (κ2) is 11.8. The molecule has 3 aromatic heterocycles. The molecular weight excluding hydrogens is 565 g/mol. The summed E-state index contributed by atoms with van der Waals surface area (Å²) in [4.78, 5) is 38.0. The van der Waals surface area contributed by atoms with Gasteiger partial charge in [-0.25, -0.2) is 9.78 Å². The summed E-state index contributed by atoms with van der Waals surface area (Å²) in [6, 6.07) is 10.3. The van der Waals surface area contributed by atoms with Crippen molar-refractivity contribution in [3.8, 4) is 11.1 Å². The molecule has 41 heavy (non-hydrogen) atoms. The molecule has 4 heterocycles. The van der Waals surface area contributed by atoms with Crippen LogP contribution in [0.25, 0.3) is 22.2 Å². The van der Waals surface area contributed by atoms with Gasteiger partial charge in [-0.3, -0.25) is 4.79 Å². The highest BCUT2D eigenvalue weighted by Gasteiger charge is 2.25. The zero-order valence-corrected chi connectivity index (χ0v) is 25.0. The summed E-state index contributed by atoms with van der Waals surface area (Å²) in [5.74, 6) is 0. The van der Waals surface area contributed by atoms with Crippen molar-refractivity contribution in [1.82, 2.24) is 19.4 Å². The van der Waals surface area contributed by atoms with E-state index in [1.165, 1.54) is 4.90 Å². The van der Waals surface area contributed by atoms with Crippen molar-refractivity contribution in [2.45, 2.75) is 32.4 Å². The van der Waals surface area contributed by atoms with E-state index in [9.17, 15) is 9.59 Å². The molecule has 1 N–H and O–H groups in total. The van der Waals surface area contributed by atoms with E-state index >= 15 is 0 Å². The Bertz CT molecular complexity index is 1620. The quantitative estimate of drug-likeness (QED) is 0.293. The molecule has 1 aliphatic rings. The highest BCUT2D eigenvalue weighted by atomic mass is 35.5. The minimum absolute atomic E-state index is 0.173. The second-order valence-electron chi connectivity index (χ2n) is 11.1. The number of amides is 1. The Morgan fingerprint density at radius 1 is 1.15 bits per heavy atom. The number of anilines is 1. The van der Waals surface area contributed by atoms with Crippen molar-refractivity contribution in [3.05, 3.63) is 81.0 Å². The van der Waals surface area contributed by atoms with Gasteiger partial charge < -0.3 is 28.8 Å². The molecule has 1 fully saturated rings. The first-order chi connectivity index (χ1) is 19.5. The van der Waals surface area contributed by atoms with E-state index in [0.29, 0.717) is 23.3 Å². The van der Waals surface area contributed by atoms with Crippen molar-refractivity contribution in [1.29, 1.82) is 0 Å². The summed E-state index contributed by atoms with van der Waals surface area (Å²) in [5, 5.41) is 1.69. The molecule has 5 rings (SSSR count). The van der Waals surface area contributed by atoms with Crippen LogP contribution < -0.4 is 10.5 Å². The molecule has 1 aliphatic heterocycles. The Hall–Kier alpha value is -3.53. The second-order valence-corrected chi connectivity index (χ2v) is 11.9. The third-order valence-corrected chi connectivity index (χ3v) is 7.71. The van der Waals surface area contributed by atoms with E-state index in [4.69, 9.17) is 32.7 Å². The average molecular weight is 599 g/mol. The third kappa shape index (κ3) is 6.53. The molecule has 0 radical (unpaired) electrons. The number of aromatic amines is 1. The van der Waals surface area contributed by atoms with Gasteiger partial charge in [0.25, 0.3) is 5.56 Å². The Morgan fingerprint density at radius 2 is 1.90 bits per heavy atom. The van der Waals surface area contributed by atoms with Gasteiger partial charge in [0.1, 0.15) is 11.2 Å². The van der Waals surface area contributed by atoms with Gasteiger partial charge in [-0.05, 0) is 56.2 Å². The lowest BCUT2D eigenvalue weighted by Gasteiger charge is -2.29. The maximum absolute atomic E-state index is 13.7. The fraction of sp³-hybridized carbons (Fsp3) is 0.367. The van der Waals surface area contributed by atoms with Gasteiger partial charge in [-0.15, -0.1) is 0 Å². The molecule has 1 atom stereocenters. The number of aromatic nitrogens is 3. The van der Waals surface area contributed by atoms with Gasteiger partial charge >= 0.3 is 6.09 Å². The Balaban J connectivity index is 1.50. The van der Waals surface area contributed by atoms with Crippen LogP contribution in [0.2, 0.25) is 10.0 Å². The SMILES string of the molecule is CN(CC(c1ccc(Cl)c(Cl)c1)n1ccc(-c2c[nH]c3ncc(N4CCOCC4)cc23)cc1=O)C(=O)OC(C)(C)C.